The van der Waals surface area contributed by atoms with Crippen molar-refractivity contribution in [1.82, 2.24) is 0 Å². The van der Waals surface area contributed by atoms with Gasteiger partial charge in [-0.2, -0.15) is 0 Å². The number of alkyl halides is 1. The number of ketones is 1. The molecule has 1 unspecified atom stereocenters. The Morgan fingerprint density at radius 1 is 1.75 bits per heavy atom. The Bertz CT molecular complexity index is 128. The predicted octanol–water partition coefficient (Wildman–Crippen LogP) is 1.71. The molecule has 0 aliphatic heterocycles. The van der Waals surface area contributed by atoms with Crippen molar-refractivity contribution in [2.45, 2.75) is 16.8 Å². The van der Waals surface area contributed by atoms with Crippen LogP contribution in [0.15, 0.2) is 12.2 Å². The number of hydrogen-bond acceptors (Lipinski definition) is 1. The highest BCUT2D eigenvalue weighted by atomic mass is 127. The van der Waals surface area contributed by atoms with E-state index in [1.54, 1.807) is 0 Å². The van der Waals surface area contributed by atoms with Gasteiger partial charge in [-0.25, -0.2) is 0 Å². The zero-order chi connectivity index (χ0) is 5.98. The number of carbonyl (C=O) groups excluding carboxylic acids is 1. The molecule has 0 saturated heterocycles. The van der Waals surface area contributed by atoms with E-state index in [4.69, 9.17) is 0 Å². The van der Waals surface area contributed by atoms with Crippen LogP contribution in [0, 0.1) is 0 Å². The second-order valence-electron chi connectivity index (χ2n) is 1.83. The highest BCUT2D eigenvalue weighted by Crippen LogP contribution is 2.13. The van der Waals surface area contributed by atoms with E-state index in [2.05, 4.69) is 28.7 Å². The van der Waals surface area contributed by atoms with E-state index >= 15 is 0 Å². The van der Waals surface area contributed by atoms with Gasteiger partial charge in [-0.3, -0.25) is 4.79 Å². The number of Topliss-reactive ketones (excluding diaryl/α,β-unsaturated/α-hetero) is 1. The Labute approximate surface area is 62.3 Å². The summed E-state index contributed by atoms with van der Waals surface area (Å²) in [6.07, 6.45) is 5.72. The molecule has 2 heteroatoms. The Kier molecular flexibility index (Phi) is 2.05. The predicted molar refractivity (Wildman–Crippen MR) is 41.2 cm³/mol. The molecule has 1 nitrogen and oxygen atoms in total. The lowest BCUT2D eigenvalue weighted by molar-refractivity contribution is -0.117. The summed E-state index contributed by atoms with van der Waals surface area (Å²) in [5.41, 5.74) is 0. The quantitative estimate of drug-likeness (QED) is 0.346. The minimum Gasteiger partial charge on any atom is -0.298 e. The van der Waals surface area contributed by atoms with Crippen LogP contribution in [0.5, 0.6) is 0 Å². The standard InChI is InChI=1S/C6H7IO/c7-5-3-1-2-4-6(5)8/h1,3,5H,2,4H2. The monoisotopic (exact) mass is 222 g/mol. The highest BCUT2D eigenvalue weighted by Gasteiger charge is 2.12. The van der Waals surface area contributed by atoms with Crippen LogP contribution in [0.3, 0.4) is 0 Å². The smallest absolute Gasteiger partial charge is 0.149 e. The van der Waals surface area contributed by atoms with Gasteiger partial charge in [0.05, 0.1) is 3.92 Å². The lowest BCUT2D eigenvalue weighted by Gasteiger charge is -2.06. The summed E-state index contributed by atoms with van der Waals surface area (Å²) in [6, 6.07) is 0. The van der Waals surface area contributed by atoms with Gasteiger partial charge < -0.3 is 0 Å². The summed E-state index contributed by atoms with van der Waals surface area (Å²) in [6.45, 7) is 0. The van der Waals surface area contributed by atoms with Crippen molar-refractivity contribution < 1.29 is 4.79 Å². The molecule has 44 valence electrons. The van der Waals surface area contributed by atoms with Crippen molar-refractivity contribution in [1.29, 1.82) is 0 Å². The average Bonchev–Trinajstić information content (AvgIpc) is 1.77. The maximum Gasteiger partial charge on any atom is 0.149 e. The van der Waals surface area contributed by atoms with Crippen LogP contribution in [-0.2, 0) is 4.79 Å². The van der Waals surface area contributed by atoms with E-state index in [1.165, 1.54) is 0 Å². The normalized spacial score (nSPS) is 28.6. The number of rotatable bonds is 0. The molecule has 0 saturated carbocycles. The van der Waals surface area contributed by atoms with Gasteiger partial charge in [0.2, 0.25) is 0 Å². The first-order valence-corrected chi connectivity index (χ1v) is 3.89. The van der Waals surface area contributed by atoms with E-state index in [1.807, 2.05) is 6.08 Å². The molecular weight excluding hydrogens is 215 g/mol. The third-order valence-electron chi connectivity index (χ3n) is 1.17. The molecule has 0 aromatic heterocycles. The van der Waals surface area contributed by atoms with Crippen LogP contribution in [-0.4, -0.2) is 9.71 Å². The van der Waals surface area contributed by atoms with E-state index < -0.39 is 0 Å². The Hall–Kier alpha value is 0.140. The summed E-state index contributed by atoms with van der Waals surface area (Å²) in [4.78, 5) is 10.7. The van der Waals surface area contributed by atoms with E-state index in [0.717, 1.165) is 12.8 Å². The van der Waals surface area contributed by atoms with Crippen molar-refractivity contribution in [3.63, 3.8) is 0 Å². The van der Waals surface area contributed by atoms with Gasteiger partial charge in [-0.05, 0) is 6.42 Å². The first-order valence-electron chi connectivity index (χ1n) is 2.64. The Balaban J connectivity index is 2.60. The number of hydrogen-bond donors (Lipinski definition) is 0. The van der Waals surface area contributed by atoms with Gasteiger partial charge in [-0.15, -0.1) is 0 Å². The van der Waals surface area contributed by atoms with Gasteiger partial charge in [0.15, 0.2) is 0 Å². The Morgan fingerprint density at radius 3 is 2.88 bits per heavy atom. The second-order valence-corrected chi connectivity index (χ2v) is 3.18. The molecular formula is C6H7IO. The van der Waals surface area contributed by atoms with Crippen molar-refractivity contribution in [2.24, 2.45) is 0 Å². The second kappa shape index (κ2) is 2.62. The van der Waals surface area contributed by atoms with E-state index in [0.29, 0.717) is 5.78 Å². The fourth-order valence-electron chi connectivity index (χ4n) is 0.687. The van der Waals surface area contributed by atoms with Crippen LogP contribution in [0.2, 0.25) is 0 Å². The lowest BCUT2D eigenvalue weighted by atomic mass is 10.1. The summed E-state index contributed by atoms with van der Waals surface area (Å²) < 4.78 is 0.154. The van der Waals surface area contributed by atoms with Crippen molar-refractivity contribution >= 4 is 28.4 Å². The van der Waals surface area contributed by atoms with Gasteiger partial charge in [0.25, 0.3) is 0 Å². The molecule has 1 aliphatic rings. The SMILES string of the molecule is O=C1CCC=CC1I. The number of carbonyl (C=O) groups is 1. The van der Waals surface area contributed by atoms with Crippen LogP contribution in [0.4, 0.5) is 0 Å². The molecule has 0 heterocycles. The molecule has 0 radical (unpaired) electrons. The molecule has 8 heavy (non-hydrogen) atoms. The topological polar surface area (TPSA) is 17.1 Å². The lowest BCUT2D eigenvalue weighted by Crippen LogP contribution is -2.13. The first-order chi connectivity index (χ1) is 3.80. The maximum absolute atomic E-state index is 10.7. The number of allylic oxidation sites excluding steroid dienone is 2. The minimum atomic E-state index is 0.154. The average molecular weight is 222 g/mol. The van der Waals surface area contributed by atoms with E-state index in [-0.39, 0.29) is 3.92 Å². The molecule has 0 N–H and O–H groups in total. The molecule has 0 spiro atoms. The van der Waals surface area contributed by atoms with Crippen LogP contribution < -0.4 is 0 Å². The molecule has 0 aromatic carbocycles. The maximum atomic E-state index is 10.7. The summed E-state index contributed by atoms with van der Waals surface area (Å²) in [5, 5.41) is 0. The van der Waals surface area contributed by atoms with E-state index in [9.17, 15) is 4.79 Å². The van der Waals surface area contributed by atoms with Gasteiger partial charge >= 0.3 is 0 Å². The third-order valence-corrected chi connectivity index (χ3v) is 2.28. The Morgan fingerprint density at radius 2 is 2.50 bits per heavy atom. The summed E-state index contributed by atoms with van der Waals surface area (Å²) >= 11 is 2.15. The highest BCUT2D eigenvalue weighted by molar-refractivity contribution is 14.1. The first kappa shape index (κ1) is 6.26. The van der Waals surface area contributed by atoms with Gasteiger partial charge in [0.1, 0.15) is 5.78 Å². The molecule has 1 atom stereocenters. The summed E-state index contributed by atoms with van der Waals surface area (Å²) in [7, 11) is 0. The van der Waals surface area contributed by atoms with Crippen molar-refractivity contribution in [3.8, 4) is 0 Å². The van der Waals surface area contributed by atoms with Crippen molar-refractivity contribution in [2.75, 3.05) is 0 Å². The van der Waals surface area contributed by atoms with Crippen LogP contribution in [0.25, 0.3) is 0 Å². The largest absolute Gasteiger partial charge is 0.298 e. The fraction of sp³-hybridized carbons (Fsp3) is 0.500. The zero-order valence-corrected chi connectivity index (χ0v) is 6.59. The molecule has 1 aliphatic carbocycles. The molecule has 0 amide bonds. The summed E-state index contributed by atoms with van der Waals surface area (Å²) in [5.74, 6) is 0.369. The number of halogens is 1. The third kappa shape index (κ3) is 1.31. The van der Waals surface area contributed by atoms with Crippen molar-refractivity contribution in [3.05, 3.63) is 12.2 Å². The van der Waals surface area contributed by atoms with Crippen LogP contribution >= 0.6 is 22.6 Å². The van der Waals surface area contributed by atoms with Gasteiger partial charge in [-0.1, -0.05) is 34.7 Å². The zero-order valence-electron chi connectivity index (χ0n) is 4.43. The minimum absolute atomic E-state index is 0.154. The molecule has 1 rings (SSSR count). The van der Waals surface area contributed by atoms with Gasteiger partial charge in [0, 0.05) is 6.42 Å². The fourth-order valence-corrected chi connectivity index (χ4v) is 1.29. The molecule has 0 bridgehead atoms. The molecule has 0 fully saturated rings. The van der Waals surface area contributed by atoms with Crippen LogP contribution in [0.1, 0.15) is 12.8 Å². The molecule has 0 aromatic rings.